The highest BCUT2D eigenvalue weighted by Crippen LogP contribution is 2.44. The van der Waals surface area contributed by atoms with Gasteiger partial charge in [-0.2, -0.15) is 0 Å². The lowest BCUT2D eigenvalue weighted by Crippen LogP contribution is -2.25. The zero-order valence-electron chi connectivity index (χ0n) is 15.0. The molecule has 0 radical (unpaired) electrons. The fourth-order valence-corrected chi connectivity index (χ4v) is 4.98. The minimum atomic E-state index is -0.506. The second-order valence-electron chi connectivity index (χ2n) is 7.96. The van der Waals surface area contributed by atoms with Crippen LogP contribution in [0.4, 0.5) is 8.78 Å². The van der Waals surface area contributed by atoms with E-state index >= 15 is 0 Å². The highest BCUT2D eigenvalue weighted by Gasteiger charge is 2.31. The van der Waals surface area contributed by atoms with Crippen LogP contribution < -0.4 is 0 Å². The SMILES string of the molecule is C=CC1CCC(C2CCC(c3cc(F)c(CCO)c(F)c3)CC2)CC1. The van der Waals surface area contributed by atoms with Crippen LogP contribution in [0.15, 0.2) is 24.8 Å². The Bertz CT molecular complexity index is 559. The molecule has 0 bridgehead atoms. The summed E-state index contributed by atoms with van der Waals surface area (Å²) in [6, 6.07) is 2.99. The third-order valence-corrected chi connectivity index (χ3v) is 6.58. The first kappa shape index (κ1) is 18.6. The number of hydrogen-bond acceptors (Lipinski definition) is 1. The van der Waals surface area contributed by atoms with Crippen molar-refractivity contribution in [3.05, 3.63) is 47.5 Å². The zero-order chi connectivity index (χ0) is 17.8. The van der Waals surface area contributed by atoms with Gasteiger partial charge in [-0.1, -0.05) is 6.08 Å². The number of allylic oxidation sites excluding steroid dienone is 1. The average molecular weight is 348 g/mol. The lowest BCUT2D eigenvalue weighted by atomic mass is 9.68. The van der Waals surface area contributed by atoms with E-state index in [0.29, 0.717) is 5.92 Å². The first-order valence-corrected chi connectivity index (χ1v) is 9.83. The maximum absolute atomic E-state index is 14.1. The van der Waals surface area contributed by atoms with Crippen LogP contribution >= 0.6 is 0 Å². The van der Waals surface area contributed by atoms with Crippen LogP contribution in [0.25, 0.3) is 0 Å². The van der Waals surface area contributed by atoms with Gasteiger partial charge in [-0.15, -0.1) is 6.58 Å². The molecule has 0 amide bonds. The lowest BCUT2D eigenvalue weighted by molar-refractivity contribution is 0.171. The average Bonchev–Trinajstić information content (AvgIpc) is 2.65. The summed E-state index contributed by atoms with van der Waals surface area (Å²) in [5.74, 6) is 1.58. The number of halogens is 2. The zero-order valence-corrected chi connectivity index (χ0v) is 15.0. The van der Waals surface area contributed by atoms with Crippen molar-refractivity contribution in [2.75, 3.05) is 6.61 Å². The molecule has 2 saturated carbocycles. The second kappa shape index (κ2) is 8.44. The number of rotatable bonds is 5. The minimum Gasteiger partial charge on any atom is -0.396 e. The van der Waals surface area contributed by atoms with Crippen LogP contribution in [0.2, 0.25) is 0 Å². The largest absolute Gasteiger partial charge is 0.396 e. The molecule has 1 N–H and O–H groups in total. The Labute approximate surface area is 150 Å². The Kier molecular flexibility index (Phi) is 6.27. The van der Waals surface area contributed by atoms with E-state index < -0.39 is 11.6 Å². The van der Waals surface area contributed by atoms with Crippen molar-refractivity contribution in [3.63, 3.8) is 0 Å². The van der Waals surface area contributed by atoms with E-state index in [4.69, 9.17) is 5.11 Å². The molecule has 3 heteroatoms. The van der Waals surface area contributed by atoms with Crippen molar-refractivity contribution < 1.29 is 13.9 Å². The molecule has 1 aromatic rings. The van der Waals surface area contributed by atoms with Gasteiger partial charge < -0.3 is 5.11 Å². The molecule has 1 nitrogen and oxygen atoms in total. The van der Waals surface area contributed by atoms with Gasteiger partial charge in [0.1, 0.15) is 11.6 Å². The summed E-state index contributed by atoms with van der Waals surface area (Å²) in [7, 11) is 0. The molecule has 2 aliphatic rings. The van der Waals surface area contributed by atoms with Gasteiger partial charge in [0.25, 0.3) is 0 Å². The van der Waals surface area contributed by atoms with Crippen molar-refractivity contribution >= 4 is 0 Å². The molecule has 0 aliphatic heterocycles. The molecule has 138 valence electrons. The van der Waals surface area contributed by atoms with E-state index in [2.05, 4.69) is 12.7 Å². The Morgan fingerprint density at radius 2 is 1.44 bits per heavy atom. The van der Waals surface area contributed by atoms with Crippen LogP contribution in [-0.2, 0) is 6.42 Å². The van der Waals surface area contributed by atoms with Crippen molar-refractivity contribution in [1.82, 2.24) is 0 Å². The maximum Gasteiger partial charge on any atom is 0.129 e. The molecule has 0 saturated heterocycles. The lowest BCUT2D eigenvalue weighted by Gasteiger charge is -2.37. The first-order valence-electron chi connectivity index (χ1n) is 9.83. The van der Waals surface area contributed by atoms with Crippen LogP contribution in [-0.4, -0.2) is 11.7 Å². The molecule has 3 rings (SSSR count). The van der Waals surface area contributed by atoms with Crippen LogP contribution in [0, 0.1) is 29.4 Å². The Hall–Kier alpha value is -1.22. The summed E-state index contributed by atoms with van der Waals surface area (Å²) in [4.78, 5) is 0. The predicted octanol–water partition coefficient (Wildman–Crippen LogP) is 5.77. The van der Waals surface area contributed by atoms with Gasteiger partial charge in [0.05, 0.1) is 0 Å². The van der Waals surface area contributed by atoms with E-state index in [1.54, 1.807) is 0 Å². The first-order chi connectivity index (χ1) is 12.1. The molecule has 2 fully saturated rings. The number of hydrogen-bond donors (Lipinski definition) is 1. The van der Waals surface area contributed by atoms with Crippen LogP contribution in [0.1, 0.15) is 68.4 Å². The summed E-state index contributed by atoms with van der Waals surface area (Å²) >= 11 is 0. The standard InChI is InChI=1S/C22H30F2O/c1-2-15-3-5-16(6-4-15)17-7-9-18(10-8-17)19-13-21(23)20(11-12-25)22(24)14-19/h2,13-18,25H,1,3-12H2. The van der Waals surface area contributed by atoms with Gasteiger partial charge in [-0.25, -0.2) is 8.78 Å². The smallest absolute Gasteiger partial charge is 0.129 e. The number of benzene rings is 1. The molecule has 1 aromatic carbocycles. The monoisotopic (exact) mass is 348 g/mol. The van der Waals surface area contributed by atoms with Gasteiger partial charge in [0, 0.05) is 18.6 Å². The third kappa shape index (κ3) is 4.31. The van der Waals surface area contributed by atoms with E-state index in [0.717, 1.165) is 30.2 Å². The van der Waals surface area contributed by atoms with Crippen molar-refractivity contribution in [2.24, 2.45) is 17.8 Å². The molecule has 25 heavy (non-hydrogen) atoms. The quantitative estimate of drug-likeness (QED) is 0.670. The van der Waals surface area contributed by atoms with E-state index in [9.17, 15) is 8.78 Å². The van der Waals surface area contributed by atoms with E-state index in [1.165, 1.54) is 50.7 Å². The van der Waals surface area contributed by atoms with Crippen LogP contribution in [0.5, 0.6) is 0 Å². The fraction of sp³-hybridized carbons (Fsp3) is 0.636. The van der Waals surface area contributed by atoms with Gasteiger partial charge in [0.2, 0.25) is 0 Å². The summed E-state index contributed by atoms with van der Waals surface area (Å²) in [5.41, 5.74) is 0.810. The predicted molar refractivity (Wildman–Crippen MR) is 97.5 cm³/mol. The number of aliphatic hydroxyl groups excluding tert-OH is 1. The summed E-state index contributed by atoms with van der Waals surface area (Å²) in [6.45, 7) is 3.69. The molecule has 0 atom stereocenters. The molecular formula is C22H30F2O. The van der Waals surface area contributed by atoms with Gasteiger partial charge in [-0.05, 0) is 92.7 Å². The summed E-state index contributed by atoms with van der Waals surface area (Å²) in [5, 5.41) is 8.93. The van der Waals surface area contributed by atoms with E-state index in [-0.39, 0.29) is 24.5 Å². The van der Waals surface area contributed by atoms with Gasteiger partial charge >= 0.3 is 0 Å². The second-order valence-corrected chi connectivity index (χ2v) is 7.96. The maximum atomic E-state index is 14.1. The van der Waals surface area contributed by atoms with E-state index in [1.807, 2.05) is 0 Å². The Morgan fingerprint density at radius 3 is 1.92 bits per heavy atom. The summed E-state index contributed by atoms with van der Waals surface area (Å²) in [6.07, 6.45) is 11.7. The highest BCUT2D eigenvalue weighted by atomic mass is 19.1. The van der Waals surface area contributed by atoms with Gasteiger partial charge in [-0.3, -0.25) is 0 Å². The Balaban J connectivity index is 1.58. The van der Waals surface area contributed by atoms with Gasteiger partial charge in [0.15, 0.2) is 0 Å². The van der Waals surface area contributed by atoms with Crippen molar-refractivity contribution in [3.8, 4) is 0 Å². The summed E-state index contributed by atoms with van der Waals surface area (Å²) < 4.78 is 28.3. The van der Waals surface area contributed by atoms with Crippen molar-refractivity contribution in [1.29, 1.82) is 0 Å². The minimum absolute atomic E-state index is 0.0129. The molecule has 2 aliphatic carbocycles. The molecule has 0 aromatic heterocycles. The Morgan fingerprint density at radius 1 is 0.920 bits per heavy atom. The fourth-order valence-electron chi connectivity index (χ4n) is 4.98. The van der Waals surface area contributed by atoms with Crippen molar-refractivity contribution in [2.45, 2.75) is 63.7 Å². The molecule has 0 spiro atoms. The molecule has 0 heterocycles. The highest BCUT2D eigenvalue weighted by molar-refractivity contribution is 5.29. The normalized spacial score (nSPS) is 30.2. The third-order valence-electron chi connectivity index (χ3n) is 6.58. The molecule has 0 unspecified atom stereocenters. The van der Waals surface area contributed by atoms with Crippen LogP contribution in [0.3, 0.4) is 0 Å². The number of aliphatic hydroxyl groups is 1. The topological polar surface area (TPSA) is 20.2 Å². The molecular weight excluding hydrogens is 318 g/mol.